The molecule has 1 aromatic carbocycles. The van der Waals surface area contributed by atoms with Crippen LogP contribution < -0.4 is 5.32 Å². The Balaban J connectivity index is 1.17. The van der Waals surface area contributed by atoms with Crippen LogP contribution in [0.15, 0.2) is 55.2 Å². The molecule has 12 heteroatoms. The zero-order chi connectivity index (χ0) is 25.4. The summed E-state index contributed by atoms with van der Waals surface area (Å²) in [6.07, 6.45) is 8.60. The number of aromatic amines is 2. The normalized spacial score (nSPS) is 15.4. The number of likely N-dealkylation sites (tertiary alicyclic amines) is 1. The summed E-state index contributed by atoms with van der Waals surface area (Å²) in [4.78, 5) is 39.7. The highest BCUT2D eigenvalue weighted by Gasteiger charge is 2.31. The van der Waals surface area contributed by atoms with Crippen LogP contribution in [-0.2, 0) is 9.53 Å². The van der Waals surface area contributed by atoms with Crippen molar-refractivity contribution in [2.45, 2.75) is 18.9 Å². The number of amides is 2. The minimum atomic E-state index is -0.623. The molecule has 11 nitrogen and oxygen atoms in total. The van der Waals surface area contributed by atoms with E-state index < -0.39 is 6.09 Å². The van der Waals surface area contributed by atoms with E-state index in [1.165, 1.54) is 7.11 Å². The highest BCUT2D eigenvalue weighted by molar-refractivity contribution is 7.20. The summed E-state index contributed by atoms with van der Waals surface area (Å²) >= 11 is 1.61. The molecular weight excluding hydrogens is 492 g/mol. The Hall–Kier alpha value is -4.45. The number of H-pyrrole nitrogens is 2. The van der Waals surface area contributed by atoms with Crippen molar-refractivity contribution in [1.82, 2.24) is 39.8 Å². The number of nitrogens with one attached hydrogen (secondary N) is 3. The van der Waals surface area contributed by atoms with E-state index in [4.69, 9.17) is 4.98 Å². The lowest BCUT2D eigenvalue weighted by atomic mass is 10.1. The van der Waals surface area contributed by atoms with Crippen LogP contribution in [0, 0.1) is 0 Å². The predicted octanol–water partition coefficient (Wildman–Crippen LogP) is 3.86. The van der Waals surface area contributed by atoms with Gasteiger partial charge in [-0.05, 0) is 30.0 Å². The molecule has 1 aliphatic heterocycles. The van der Waals surface area contributed by atoms with Gasteiger partial charge in [0.05, 0.1) is 41.9 Å². The number of carbonyl (C=O) groups excluding carboxylic acids is 2. The largest absolute Gasteiger partial charge is 0.453 e. The third kappa shape index (κ3) is 4.47. The SMILES string of the molecule is COC(=O)NCC(=O)N1CCCC1c1cc(-c2cn3cc(-c4ccc(-c5cnc[nH]5)cc4)sc3n2)n[nH]1. The van der Waals surface area contributed by atoms with Gasteiger partial charge in [0.25, 0.3) is 0 Å². The maximum absolute atomic E-state index is 12.6. The number of thiazole rings is 1. The molecule has 0 saturated carbocycles. The van der Waals surface area contributed by atoms with Crippen molar-refractivity contribution in [3.8, 4) is 33.1 Å². The van der Waals surface area contributed by atoms with Crippen molar-refractivity contribution in [1.29, 1.82) is 0 Å². The second kappa shape index (κ2) is 9.54. The van der Waals surface area contributed by atoms with Crippen molar-refractivity contribution in [2.24, 2.45) is 0 Å². The van der Waals surface area contributed by atoms with Gasteiger partial charge < -0.3 is 19.9 Å². The first-order valence-electron chi connectivity index (χ1n) is 11.8. The van der Waals surface area contributed by atoms with Crippen LogP contribution in [0.3, 0.4) is 0 Å². The van der Waals surface area contributed by atoms with Gasteiger partial charge in [-0.15, -0.1) is 0 Å². The maximum Gasteiger partial charge on any atom is 0.407 e. The van der Waals surface area contributed by atoms with Crippen LogP contribution in [0.1, 0.15) is 24.6 Å². The Morgan fingerprint density at radius 2 is 2.03 bits per heavy atom. The van der Waals surface area contributed by atoms with E-state index in [2.05, 4.69) is 60.7 Å². The molecule has 37 heavy (non-hydrogen) atoms. The Labute approximate surface area is 215 Å². The van der Waals surface area contributed by atoms with E-state index in [1.54, 1.807) is 28.8 Å². The Bertz CT molecular complexity index is 1520. The first-order chi connectivity index (χ1) is 18.1. The van der Waals surface area contributed by atoms with Gasteiger partial charge in [0, 0.05) is 18.9 Å². The summed E-state index contributed by atoms with van der Waals surface area (Å²) < 4.78 is 6.56. The standard InChI is InChI=1S/C25H24N8O3S/c1-36-25(35)27-11-23(34)33-8-2-3-21(33)18-9-17(30-31-18)20-12-32-13-22(37-24(32)29-20)16-6-4-15(5-7-16)19-10-26-14-28-19/h4-7,9-10,12-14,21H,2-3,8,11H2,1H3,(H,26,28)(H,27,35)(H,30,31). The fourth-order valence-electron chi connectivity index (χ4n) is 4.63. The van der Waals surface area contributed by atoms with Crippen molar-refractivity contribution in [3.05, 3.63) is 60.9 Å². The molecule has 1 aliphatic rings. The molecule has 1 unspecified atom stereocenters. The molecule has 4 aromatic heterocycles. The van der Waals surface area contributed by atoms with E-state index >= 15 is 0 Å². The number of rotatable bonds is 6. The Morgan fingerprint density at radius 1 is 1.19 bits per heavy atom. The number of aromatic nitrogens is 6. The van der Waals surface area contributed by atoms with Gasteiger partial charge in [-0.25, -0.2) is 14.8 Å². The first-order valence-corrected chi connectivity index (χ1v) is 12.7. The van der Waals surface area contributed by atoms with Gasteiger partial charge in [-0.3, -0.25) is 14.3 Å². The van der Waals surface area contributed by atoms with Crippen LogP contribution in [0.4, 0.5) is 4.79 Å². The second-order valence-corrected chi connectivity index (χ2v) is 9.76. The lowest BCUT2D eigenvalue weighted by Gasteiger charge is -2.23. The van der Waals surface area contributed by atoms with Gasteiger partial charge in [-0.2, -0.15) is 5.10 Å². The quantitative estimate of drug-likeness (QED) is 0.314. The summed E-state index contributed by atoms with van der Waals surface area (Å²) in [5, 5.41) is 10.0. The smallest absolute Gasteiger partial charge is 0.407 e. The topological polar surface area (TPSA) is 133 Å². The van der Waals surface area contributed by atoms with Crippen LogP contribution in [-0.4, -0.2) is 66.6 Å². The average molecular weight is 517 g/mol. The molecule has 1 saturated heterocycles. The molecule has 1 fully saturated rings. The first kappa shape index (κ1) is 23.0. The van der Waals surface area contributed by atoms with Gasteiger partial charge in [0.1, 0.15) is 17.9 Å². The third-order valence-corrected chi connectivity index (χ3v) is 7.54. The summed E-state index contributed by atoms with van der Waals surface area (Å²) in [6, 6.07) is 10.2. The Kier molecular flexibility index (Phi) is 5.93. The Morgan fingerprint density at radius 3 is 2.78 bits per heavy atom. The molecule has 0 bridgehead atoms. The van der Waals surface area contributed by atoms with Gasteiger partial charge in [-0.1, -0.05) is 35.6 Å². The lowest BCUT2D eigenvalue weighted by molar-refractivity contribution is -0.131. The van der Waals surface area contributed by atoms with Crippen LogP contribution in [0.5, 0.6) is 0 Å². The molecule has 188 valence electrons. The number of hydrogen-bond acceptors (Lipinski definition) is 7. The number of alkyl carbamates (subject to hydrolysis) is 1. The van der Waals surface area contributed by atoms with Gasteiger partial charge in [0.15, 0.2) is 4.96 Å². The average Bonchev–Trinajstić information content (AvgIpc) is 3.73. The molecule has 5 heterocycles. The number of fused-ring (bicyclic) bond motifs is 1. The van der Waals surface area contributed by atoms with Gasteiger partial charge in [0.2, 0.25) is 5.91 Å². The number of carbonyl (C=O) groups is 2. The van der Waals surface area contributed by atoms with E-state index in [0.29, 0.717) is 6.54 Å². The fraction of sp³-hybridized carbons (Fsp3) is 0.240. The van der Waals surface area contributed by atoms with Crippen LogP contribution in [0.2, 0.25) is 0 Å². The number of nitrogens with zero attached hydrogens (tertiary/aromatic N) is 5. The number of imidazole rings is 2. The molecule has 0 spiro atoms. The van der Waals surface area contributed by atoms with Crippen molar-refractivity contribution >= 4 is 28.3 Å². The third-order valence-electron chi connectivity index (χ3n) is 6.50. The highest BCUT2D eigenvalue weighted by atomic mass is 32.1. The fourth-order valence-corrected chi connectivity index (χ4v) is 5.60. The van der Waals surface area contributed by atoms with E-state index in [1.807, 2.05) is 16.7 Å². The van der Waals surface area contributed by atoms with E-state index in [0.717, 1.165) is 56.6 Å². The summed E-state index contributed by atoms with van der Waals surface area (Å²) in [6.45, 7) is 0.530. The maximum atomic E-state index is 12.6. The molecular formula is C25H24N8O3S. The zero-order valence-corrected chi connectivity index (χ0v) is 20.8. The lowest BCUT2D eigenvalue weighted by Crippen LogP contribution is -2.39. The molecule has 1 atom stereocenters. The van der Waals surface area contributed by atoms with E-state index in [-0.39, 0.29) is 18.5 Å². The zero-order valence-electron chi connectivity index (χ0n) is 20.0. The number of benzene rings is 1. The number of ether oxygens (including phenoxy) is 1. The molecule has 0 aliphatic carbocycles. The van der Waals surface area contributed by atoms with Crippen LogP contribution in [0.25, 0.3) is 38.0 Å². The molecule has 3 N–H and O–H groups in total. The molecule has 0 radical (unpaired) electrons. The van der Waals surface area contributed by atoms with E-state index in [9.17, 15) is 9.59 Å². The second-order valence-electron chi connectivity index (χ2n) is 8.75. The summed E-state index contributed by atoms with van der Waals surface area (Å²) in [5.41, 5.74) is 5.53. The highest BCUT2D eigenvalue weighted by Crippen LogP contribution is 2.34. The van der Waals surface area contributed by atoms with Crippen LogP contribution >= 0.6 is 11.3 Å². The molecule has 6 rings (SSSR count). The minimum Gasteiger partial charge on any atom is -0.453 e. The molecule has 2 amide bonds. The van der Waals surface area contributed by atoms with Gasteiger partial charge >= 0.3 is 6.09 Å². The predicted molar refractivity (Wildman–Crippen MR) is 138 cm³/mol. The minimum absolute atomic E-state index is 0.101. The monoisotopic (exact) mass is 516 g/mol. The summed E-state index contributed by atoms with van der Waals surface area (Å²) in [7, 11) is 1.27. The van der Waals surface area contributed by atoms with Crippen molar-refractivity contribution in [3.63, 3.8) is 0 Å². The van der Waals surface area contributed by atoms with Crippen molar-refractivity contribution in [2.75, 3.05) is 20.2 Å². The summed E-state index contributed by atoms with van der Waals surface area (Å²) in [5.74, 6) is -0.156. The number of hydrogen-bond donors (Lipinski definition) is 3. The molecule has 5 aromatic rings. The van der Waals surface area contributed by atoms with Crippen molar-refractivity contribution < 1.29 is 14.3 Å². The number of methoxy groups -OCH3 is 1.